The Morgan fingerprint density at radius 3 is 3.00 bits per heavy atom. The summed E-state index contributed by atoms with van der Waals surface area (Å²) in [5, 5.41) is 3.52. The largest absolute Gasteiger partial charge is 0.380 e. The first-order valence-corrected chi connectivity index (χ1v) is 6.37. The Morgan fingerprint density at radius 1 is 1.33 bits per heavy atom. The predicted molar refractivity (Wildman–Crippen MR) is 64.2 cm³/mol. The minimum Gasteiger partial charge on any atom is -0.380 e. The van der Waals surface area contributed by atoms with E-state index in [1.165, 1.54) is 25.8 Å². The lowest BCUT2D eigenvalue weighted by atomic mass is 10.2. The van der Waals surface area contributed by atoms with Crippen molar-refractivity contribution in [2.75, 3.05) is 39.4 Å². The van der Waals surface area contributed by atoms with Gasteiger partial charge in [-0.1, -0.05) is 13.3 Å². The van der Waals surface area contributed by atoms with E-state index >= 15 is 0 Å². The molecule has 1 fully saturated rings. The summed E-state index contributed by atoms with van der Waals surface area (Å²) >= 11 is 0. The minimum absolute atomic E-state index is 0.642. The van der Waals surface area contributed by atoms with Crippen LogP contribution in [-0.4, -0.2) is 50.3 Å². The average molecular weight is 214 g/mol. The average Bonchev–Trinajstić information content (AvgIpc) is 2.52. The summed E-state index contributed by atoms with van der Waals surface area (Å²) in [4.78, 5) is 2.53. The van der Waals surface area contributed by atoms with Crippen molar-refractivity contribution in [2.45, 2.75) is 39.2 Å². The Kier molecular flexibility index (Phi) is 6.98. The van der Waals surface area contributed by atoms with E-state index in [0.29, 0.717) is 6.04 Å². The normalized spacial score (nSPS) is 21.2. The highest BCUT2D eigenvalue weighted by Crippen LogP contribution is 2.03. The standard InChI is InChI=1S/C12H26N2O/c1-3-4-6-13-11-12(2)14-7-5-9-15-10-8-14/h12-13H,3-11H2,1-2H3. The molecule has 15 heavy (non-hydrogen) atoms. The molecule has 0 saturated carbocycles. The highest BCUT2D eigenvalue weighted by molar-refractivity contribution is 4.71. The Bertz CT molecular complexity index is 145. The van der Waals surface area contributed by atoms with E-state index in [1.807, 2.05) is 0 Å². The van der Waals surface area contributed by atoms with E-state index < -0.39 is 0 Å². The molecule has 0 aromatic heterocycles. The molecule has 0 bridgehead atoms. The Morgan fingerprint density at radius 2 is 2.20 bits per heavy atom. The number of ether oxygens (including phenoxy) is 1. The van der Waals surface area contributed by atoms with E-state index in [4.69, 9.17) is 4.74 Å². The molecule has 1 aliphatic rings. The van der Waals surface area contributed by atoms with Gasteiger partial charge in [0.1, 0.15) is 0 Å². The van der Waals surface area contributed by atoms with Crippen molar-refractivity contribution in [3.8, 4) is 0 Å². The fraction of sp³-hybridized carbons (Fsp3) is 1.00. The van der Waals surface area contributed by atoms with Crippen LogP contribution in [0.4, 0.5) is 0 Å². The summed E-state index contributed by atoms with van der Waals surface area (Å²) in [6, 6.07) is 0.642. The van der Waals surface area contributed by atoms with Crippen LogP contribution >= 0.6 is 0 Å². The van der Waals surface area contributed by atoms with Crippen LogP contribution in [0.3, 0.4) is 0 Å². The summed E-state index contributed by atoms with van der Waals surface area (Å²) in [5.41, 5.74) is 0. The third kappa shape index (κ3) is 5.50. The molecule has 3 heteroatoms. The molecule has 0 radical (unpaired) electrons. The highest BCUT2D eigenvalue weighted by atomic mass is 16.5. The smallest absolute Gasteiger partial charge is 0.0593 e. The van der Waals surface area contributed by atoms with E-state index in [9.17, 15) is 0 Å². The summed E-state index contributed by atoms with van der Waals surface area (Å²) in [6.07, 6.45) is 3.74. The van der Waals surface area contributed by atoms with Gasteiger partial charge >= 0.3 is 0 Å². The Hall–Kier alpha value is -0.120. The number of nitrogens with zero attached hydrogens (tertiary/aromatic N) is 1. The Balaban J connectivity index is 2.11. The van der Waals surface area contributed by atoms with Crippen LogP contribution < -0.4 is 5.32 Å². The van der Waals surface area contributed by atoms with Crippen LogP contribution in [-0.2, 0) is 4.74 Å². The molecular formula is C12H26N2O. The predicted octanol–water partition coefficient (Wildman–Crippen LogP) is 1.49. The zero-order valence-electron chi connectivity index (χ0n) is 10.3. The maximum absolute atomic E-state index is 5.46. The van der Waals surface area contributed by atoms with E-state index in [0.717, 1.165) is 32.8 Å². The third-order valence-corrected chi connectivity index (χ3v) is 3.03. The second-order valence-electron chi connectivity index (χ2n) is 4.41. The first-order chi connectivity index (χ1) is 7.34. The summed E-state index contributed by atoms with van der Waals surface area (Å²) in [6.45, 7) is 10.9. The van der Waals surface area contributed by atoms with Crippen molar-refractivity contribution in [1.29, 1.82) is 0 Å². The highest BCUT2D eigenvalue weighted by Gasteiger charge is 2.14. The van der Waals surface area contributed by atoms with Gasteiger partial charge in [0.05, 0.1) is 6.61 Å². The topological polar surface area (TPSA) is 24.5 Å². The third-order valence-electron chi connectivity index (χ3n) is 3.03. The van der Waals surface area contributed by atoms with Crippen LogP contribution in [0.15, 0.2) is 0 Å². The quantitative estimate of drug-likeness (QED) is 0.678. The summed E-state index contributed by atoms with van der Waals surface area (Å²) in [7, 11) is 0. The van der Waals surface area contributed by atoms with Crippen LogP contribution in [0, 0.1) is 0 Å². The number of hydrogen-bond donors (Lipinski definition) is 1. The van der Waals surface area contributed by atoms with Crippen molar-refractivity contribution in [2.24, 2.45) is 0 Å². The molecule has 0 amide bonds. The maximum atomic E-state index is 5.46. The van der Waals surface area contributed by atoms with Gasteiger partial charge in [0.2, 0.25) is 0 Å². The molecule has 1 heterocycles. The van der Waals surface area contributed by atoms with Crippen molar-refractivity contribution in [3.05, 3.63) is 0 Å². The summed E-state index contributed by atoms with van der Waals surface area (Å²) < 4.78 is 5.46. The van der Waals surface area contributed by atoms with Crippen LogP contribution in [0.2, 0.25) is 0 Å². The monoisotopic (exact) mass is 214 g/mol. The molecule has 1 saturated heterocycles. The van der Waals surface area contributed by atoms with Gasteiger partial charge in [0, 0.05) is 32.3 Å². The second-order valence-corrected chi connectivity index (χ2v) is 4.41. The first kappa shape index (κ1) is 12.9. The van der Waals surface area contributed by atoms with Gasteiger partial charge in [-0.05, 0) is 26.3 Å². The molecule has 0 aromatic rings. The first-order valence-electron chi connectivity index (χ1n) is 6.37. The number of rotatable bonds is 6. The number of hydrogen-bond acceptors (Lipinski definition) is 3. The number of nitrogens with one attached hydrogen (secondary N) is 1. The van der Waals surface area contributed by atoms with Crippen LogP contribution in [0.5, 0.6) is 0 Å². The van der Waals surface area contributed by atoms with E-state index in [2.05, 4.69) is 24.1 Å². The lowest BCUT2D eigenvalue weighted by Crippen LogP contribution is -2.41. The fourth-order valence-corrected chi connectivity index (χ4v) is 1.95. The molecule has 1 rings (SSSR count). The fourth-order valence-electron chi connectivity index (χ4n) is 1.95. The molecule has 0 aliphatic carbocycles. The molecule has 0 spiro atoms. The zero-order valence-corrected chi connectivity index (χ0v) is 10.3. The van der Waals surface area contributed by atoms with Gasteiger partial charge in [-0.25, -0.2) is 0 Å². The van der Waals surface area contributed by atoms with Crippen LogP contribution in [0.25, 0.3) is 0 Å². The van der Waals surface area contributed by atoms with Crippen molar-refractivity contribution < 1.29 is 4.74 Å². The van der Waals surface area contributed by atoms with E-state index in [1.54, 1.807) is 0 Å². The molecule has 1 aliphatic heterocycles. The molecular weight excluding hydrogens is 188 g/mol. The van der Waals surface area contributed by atoms with Gasteiger partial charge in [-0.15, -0.1) is 0 Å². The second kappa shape index (κ2) is 8.08. The Labute approximate surface area is 94.2 Å². The molecule has 90 valence electrons. The van der Waals surface area contributed by atoms with Gasteiger partial charge in [0.25, 0.3) is 0 Å². The maximum Gasteiger partial charge on any atom is 0.0593 e. The SMILES string of the molecule is CCCCNCC(C)N1CCCOCC1. The van der Waals surface area contributed by atoms with Gasteiger partial charge in [-0.3, -0.25) is 4.90 Å². The lowest BCUT2D eigenvalue weighted by molar-refractivity contribution is 0.133. The zero-order chi connectivity index (χ0) is 10.9. The molecule has 1 unspecified atom stereocenters. The van der Waals surface area contributed by atoms with Gasteiger partial charge in [-0.2, -0.15) is 0 Å². The molecule has 0 aromatic carbocycles. The van der Waals surface area contributed by atoms with Crippen molar-refractivity contribution in [3.63, 3.8) is 0 Å². The molecule has 1 atom stereocenters. The lowest BCUT2D eigenvalue weighted by Gasteiger charge is -2.27. The van der Waals surface area contributed by atoms with Crippen molar-refractivity contribution in [1.82, 2.24) is 10.2 Å². The molecule has 1 N–H and O–H groups in total. The van der Waals surface area contributed by atoms with Gasteiger partial charge in [0.15, 0.2) is 0 Å². The molecule has 3 nitrogen and oxygen atoms in total. The van der Waals surface area contributed by atoms with Crippen LogP contribution in [0.1, 0.15) is 33.1 Å². The van der Waals surface area contributed by atoms with E-state index in [-0.39, 0.29) is 0 Å². The minimum atomic E-state index is 0.642. The van der Waals surface area contributed by atoms with Gasteiger partial charge < -0.3 is 10.1 Å². The van der Waals surface area contributed by atoms with Crippen molar-refractivity contribution >= 4 is 0 Å². The number of unbranched alkanes of at least 4 members (excludes halogenated alkanes) is 1. The summed E-state index contributed by atoms with van der Waals surface area (Å²) in [5.74, 6) is 0.